The van der Waals surface area contributed by atoms with E-state index < -0.39 is 0 Å². The summed E-state index contributed by atoms with van der Waals surface area (Å²) in [5.41, 5.74) is 4.76. The van der Waals surface area contributed by atoms with Crippen LogP contribution in [0.5, 0.6) is 0 Å². The van der Waals surface area contributed by atoms with Crippen LogP contribution < -0.4 is 5.32 Å². The van der Waals surface area contributed by atoms with Gasteiger partial charge in [-0.05, 0) is 41.4 Å². The Hall–Kier alpha value is -3.03. The summed E-state index contributed by atoms with van der Waals surface area (Å²) in [5.74, 6) is 0.560. The maximum atomic E-state index is 4.72. The number of aromatic nitrogens is 6. The Labute approximate surface area is 118 Å². The number of hydrogen-bond acceptors (Lipinski definition) is 7. The molecule has 0 aliphatic carbocycles. The summed E-state index contributed by atoms with van der Waals surface area (Å²) in [7, 11) is 0. The van der Waals surface area contributed by atoms with Crippen LogP contribution in [-0.4, -0.2) is 29.9 Å². The molecule has 0 saturated heterocycles. The lowest BCUT2D eigenvalue weighted by molar-refractivity contribution is 0.314. The van der Waals surface area contributed by atoms with Crippen LogP contribution in [0.15, 0.2) is 29.2 Å². The quantitative estimate of drug-likeness (QED) is 0.600. The summed E-state index contributed by atoms with van der Waals surface area (Å²) in [5, 5.41) is 18.8. The lowest BCUT2D eigenvalue weighted by Crippen LogP contribution is -2.01. The summed E-state index contributed by atoms with van der Waals surface area (Å²) < 4.78 is 6.41. The standard InChI is InChI=1S/C13H11N7O/c1-7-4-3-5-9(8(7)2)15-10-12-17-14-6-20(12)13-11(16-10)18-21-19-13/h3-6H,1-2H3,(H,15,16,18). The molecule has 1 aromatic carbocycles. The molecule has 0 unspecified atom stereocenters. The SMILES string of the molecule is Cc1cccc(Nc2nc3nonc3n3cnnc23)c1C. The first-order chi connectivity index (χ1) is 10.2. The van der Waals surface area contributed by atoms with Gasteiger partial charge in [-0.25, -0.2) is 9.61 Å². The Bertz CT molecular complexity index is 956. The highest BCUT2D eigenvalue weighted by molar-refractivity contribution is 5.79. The minimum atomic E-state index is 0.398. The summed E-state index contributed by atoms with van der Waals surface area (Å²) in [6.45, 7) is 4.11. The van der Waals surface area contributed by atoms with Crippen molar-refractivity contribution in [3.63, 3.8) is 0 Å². The number of hydrogen-bond donors (Lipinski definition) is 1. The molecule has 0 fully saturated rings. The number of anilines is 2. The molecule has 21 heavy (non-hydrogen) atoms. The number of nitrogens with one attached hydrogen (secondary N) is 1. The molecule has 4 aromatic rings. The summed E-state index contributed by atoms with van der Waals surface area (Å²) in [6.07, 6.45) is 1.55. The van der Waals surface area contributed by atoms with E-state index in [4.69, 9.17) is 4.63 Å². The number of fused-ring (bicyclic) bond motifs is 3. The van der Waals surface area contributed by atoms with Gasteiger partial charge in [0.15, 0.2) is 5.82 Å². The molecule has 3 heterocycles. The van der Waals surface area contributed by atoms with Gasteiger partial charge in [0.05, 0.1) is 0 Å². The second kappa shape index (κ2) is 4.23. The lowest BCUT2D eigenvalue weighted by Gasteiger charge is -2.10. The maximum Gasteiger partial charge on any atom is 0.244 e. The van der Waals surface area contributed by atoms with E-state index in [-0.39, 0.29) is 0 Å². The first-order valence-electron chi connectivity index (χ1n) is 6.39. The number of aryl methyl sites for hydroxylation is 1. The van der Waals surface area contributed by atoms with E-state index in [1.54, 1.807) is 10.7 Å². The Morgan fingerprint density at radius 1 is 1.14 bits per heavy atom. The van der Waals surface area contributed by atoms with Crippen molar-refractivity contribution in [3.8, 4) is 0 Å². The third-order valence-electron chi connectivity index (χ3n) is 3.52. The Balaban J connectivity index is 1.92. The zero-order valence-corrected chi connectivity index (χ0v) is 11.4. The van der Waals surface area contributed by atoms with Crippen molar-refractivity contribution in [2.75, 3.05) is 5.32 Å². The van der Waals surface area contributed by atoms with Crippen molar-refractivity contribution >= 4 is 28.4 Å². The highest BCUT2D eigenvalue weighted by Gasteiger charge is 2.15. The molecule has 0 aliphatic heterocycles. The predicted molar refractivity (Wildman–Crippen MR) is 75.3 cm³/mol. The van der Waals surface area contributed by atoms with Crippen molar-refractivity contribution in [3.05, 3.63) is 35.7 Å². The zero-order chi connectivity index (χ0) is 14.4. The highest BCUT2D eigenvalue weighted by atomic mass is 16.6. The van der Waals surface area contributed by atoms with Crippen LogP contribution in [0, 0.1) is 13.8 Å². The minimum absolute atomic E-state index is 0.398. The maximum absolute atomic E-state index is 4.72. The molecule has 0 bridgehead atoms. The number of nitrogens with zero attached hydrogens (tertiary/aromatic N) is 6. The first-order valence-corrected chi connectivity index (χ1v) is 6.39. The largest absolute Gasteiger partial charge is 0.337 e. The third-order valence-corrected chi connectivity index (χ3v) is 3.52. The zero-order valence-electron chi connectivity index (χ0n) is 11.4. The highest BCUT2D eigenvalue weighted by Crippen LogP contribution is 2.25. The molecule has 8 nitrogen and oxygen atoms in total. The normalized spacial score (nSPS) is 11.3. The fourth-order valence-corrected chi connectivity index (χ4v) is 2.21. The number of benzene rings is 1. The van der Waals surface area contributed by atoms with Gasteiger partial charge in [-0.15, -0.1) is 10.2 Å². The van der Waals surface area contributed by atoms with Gasteiger partial charge in [-0.2, -0.15) is 0 Å². The molecule has 8 heteroatoms. The fraction of sp³-hybridized carbons (Fsp3) is 0.154. The number of rotatable bonds is 2. The summed E-state index contributed by atoms with van der Waals surface area (Å²) >= 11 is 0. The van der Waals surface area contributed by atoms with Crippen LogP contribution in [0.3, 0.4) is 0 Å². The molecule has 104 valence electrons. The molecule has 0 atom stereocenters. The van der Waals surface area contributed by atoms with Crippen molar-refractivity contribution in [2.24, 2.45) is 0 Å². The first kappa shape index (κ1) is 11.8. The molecule has 4 rings (SSSR count). The molecule has 0 saturated carbocycles. The molecule has 0 aliphatic rings. The molecular weight excluding hydrogens is 270 g/mol. The minimum Gasteiger partial charge on any atom is -0.337 e. The van der Waals surface area contributed by atoms with E-state index in [2.05, 4.69) is 50.7 Å². The van der Waals surface area contributed by atoms with Crippen LogP contribution in [0.4, 0.5) is 11.5 Å². The van der Waals surface area contributed by atoms with Gasteiger partial charge >= 0.3 is 0 Å². The van der Waals surface area contributed by atoms with Crippen molar-refractivity contribution < 1.29 is 4.63 Å². The van der Waals surface area contributed by atoms with Gasteiger partial charge in [0, 0.05) is 5.69 Å². The topological polar surface area (TPSA) is 94.0 Å². The molecule has 0 amide bonds. The molecule has 1 N–H and O–H groups in total. The van der Waals surface area contributed by atoms with E-state index in [9.17, 15) is 0 Å². The van der Waals surface area contributed by atoms with Gasteiger partial charge in [0.25, 0.3) is 0 Å². The average Bonchev–Trinajstić information content (AvgIpc) is 3.11. The molecule has 3 aromatic heterocycles. The van der Waals surface area contributed by atoms with E-state index in [0.29, 0.717) is 22.8 Å². The smallest absolute Gasteiger partial charge is 0.244 e. The van der Waals surface area contributed by atoms with Crippen LogP contribution in [0.1, 0.15) is 11.1 Å². The van der Waals surface area contributed by atoms with E-state index in [1.807, 2.05) is 12.1 Å². The Kier molecular flexibility index (Phi) is 2.37. The predicted octanol–water partition coefficient (Wildman–Crippen LogP) is 2.02. The monoisotopic (exact) mass is 281 g/mol. The van der Waals surface area contributed by atoms with E-state index in [0.717, 1.165) is 11.3 Å². The molecule has 0 spiro atoms. The van der Waals surface area contributed by atoms with Crippen LogP contribution in [0.25, 0.3) is 16.9 Å². The lowest BCUT2D eigenvalue weighted by atomic mass is 10.1. The van der Waals surface area contributed by atoms with Gasteiger partial charge in [0.1, 0.15) is 6.33 Å². The summed E-state index contributed by atoms with van der Waals surface area (Å²) in [6, 6.07) is 6.04. The van der Waals surface area contributed by atoms with Crippen molar-refractivity contribution in [1.82, 2.24) is 29.9 Å². The Morgan fingerprint density at radius 2 is 2.05 bits per heavy atom. The van der Waals surface area contributed by atoms with Gasteiger partial charge < -0.3 is 5.32 Å². The van der Waals surface area contributed by atoms with Crippen molar-refractivity contribution in [2.45, 2.75) is 13.8 Å². The van der Waals surface area contributed by atoms with Crippen LogP contribution in [0.2, 0.25) is 0 Å². The fourth-order valence-electron chi connectivity index (χ4n) is 2.21. The van der Waals surface area contributed by atoms with Gasteiger partial charge in [0.2, 0.25) is 16.9 Å². The van der Waals surface area contributed by atoms with Crippen LogP contribution >= 0.6 is 0 Å². The second-order valence-corrected chi connectivity index (χ2v) is 4.77. The second-order valence-electron chi connectivity index (χ2n) is 4.77. The molecule has 0 radical (unpaired) electrons. The van der Waals surface area contributed by atoms with Gasteiger partial charge in [-0.1, -0.05) is 12.1 Å². The average molecular weight is 281 g/mol. The van der Waals surface area contributed by atoms with E-state index in [1.165, 1.54) is 5.56 Å². The van der Waals surface area contributed by atoms with Crippen molar-refractivity contribution in [1.29, 1.82) is 0 Å². The van der Waals surface area contributed by atoms with Crippen LogP contribution in [-0.2, 0) is 0 Å². The summed E-state index contributed by atoms with van der Waals surface area (Å²) in [4.78, 5) is 4.40. The Morgan fingerprint density at radius 3 is 2.95 bits per heavy atom. The van der Waals surface area contributed by atoms with Gasteiger partial charge in [-0.3, -0.25) is 4.40 Å². The third kappa shape index (κ3) is 1.72. The molecular formula is C13H11N7O. The van der Waals surface area contributed by atoms with E-state index >= 15 is 0 Å².